The number of hydrogen-bond donors (Lipinski definition) is 0. The second-order valence-corrected chi connectivity index (χ2v) is 9.24. The van der Waals surface area contributed by atoms with Crippen molar-refractivity contribution in [2.24, 2.45) is 17.3 Å². The predicted octanol–water partition coefficient (Wildman–Crippen LogP) is 3.80. The highest BCUT2D eigenvalue weighted by atomic mass is 32.2. The SMILES string of the molecule is COC1=CCC2=C(CC[C@H]3[C@H](C)[C@@H](OS(C)(=O)=O)CC[C@]23C)C1. The molecular formula is C18H28O4S. The van der Waals surface area contributed by atoms with Gasteiger partial charge in [-0.2, -0.15) is 8.42 Å². The first-order valence-electron chi connectivity index (χ1n) is 8.57. The second-order valence-electron chi connectivity index (χ2n) is 7.64. The zero-order valence-electron chi connectivity index (χ0n) is 14.6. The lowest BCUT2D eigenvalue weighted by Gasteiger charge is -2.53. The Kier molecular flexibility index (Phi) is 4.38. The first-order chi connectivity index (χ1) is 10.7. The van der Waals surface area contributed by atoms with E-state index in [1.54, 1.807) is 18.3 Å². The van der Waals surface area contributed by atoms with E-state index < -0.39 is 10.1 Å². The maximum Gasteiger partial charge on any atom is 0.264 e. The summed E-state index contributed by atoms with van der Waals surface area (Å²) in [6, 6.07) is 0. The highest BCUT2D eigenvalue weighted by molar-refractivity contribution is 7.86. The first kappa shape index (κ1) is 17.0. The number of rotatable bonds is 3. The van der Waals surface area contributed by atoms with Crippen LogP contribution in [0.2, 0.25) is 0 Å². The summed E-state index contributed by atoms with van der Waals surface area (Å²) in [5.41, 5.74) is 3.32. The van der Waals surface area contributed by atoms with Crippen molar-refractivity contribution in [3.63, 3.8) is 0 Å². The summed E-state index contributed by atoms with van der Waals surface area (Å²) in [6.07, 6.45) is 9.20. The third-order valence-electron chi connectivity index (χ3n) is 6.34. The first-order valence-corrected chi connectivity index (χ1v) is 10.4. The molecule has 0 aromatic heterocycles. The largest absolute Gasteiger partial charge is 0.501 e. The molecule has 0 bridgehead atoms. The van der Waals surface area contributed by atoms with E-state index in [9.17, 15) is 8.42 Å². The number of fused-ring (bicyclic) bond motifs is 2. The van der Waals surface area contributed by atoms with Gasteiger partial charge in [-0.05, 0) is 55.4 Å². The van der Waals surface area contributed by atoms with E-state index in [1.165, 1.54) is 0 Å². The molecule has 4 nitrogen and oxygen atoms in total. The van der Waals surface area contributed by atoms with Crippen molar-refractivity contribution in [1.29, 1.82) is 0 Å². The van der Waals surface area contributed by atoms with Crippen LogP contribution in [0.25, 0.3) is 0 Å². The second kappa shape index (κ2) is 5.92. The molecule has 3 aliphatic carbocycles. The maximum absolute atomic E-state index is 11.5. The van der Waals surface area contributed by atoms with Gasteiger partial charge in [-0.1, -0.05) is 25.0 Å². The third-order valence-corrected chi connectivity index (χ3v) is 6.94. The number of methoxy groups -OCH3 is 1. The fraction of sp³-hybridized carbons (Fsp3) is 0.778. The molecule has 0 unspecified atom stereocenters. The number of allylic oxidation sites excluding steroid dienone is 3. The van der Waals surface area contributed by atoms with Crippen molar-refractivity contribution in [1.82, 2.24) is 0 Å². The van der Waals surface area contributed by atoms with Crippen LogP contribution in [-0.2, 0) is 19.0 Å². The van der Waals surface area contributed by atoms with E-state index in [-0.39, 0.29) is 17.4 Å². The molecule has 4 atom stereocenters. The van der Waals surface area contributed by atoms with Crippen LogP contribution in [0, 0.1) is 17.3 Å². The summed E-state index contributed by atoms with van der Waals surface area (Å²) in [5, 5.41) is 0. The van der Waals surface area contributed by atoms with Gasteiger partial charge in [0.2, 0.25) is 0 Å². The Morgan fingerprint density at radius 2 is 2.04 bits per heavy atom. The van der Waals surface area contributed by atoms with Crippen LogP contribution in [0.15, 0.2) is 23.0 Å². The van der Waals surface area contributed by atoms with Crippen LogP contribution in [0.1, 0.15) is 52.4 Å². The minimum Gasteiger partial charge on any atom is -0.501 e. The summed E-state index contributed by atoms with van der Waals surface area (Å²) < 4.78 is 33.9. The van der Waals surface area contributed by atoms with Crippen LogP contribution in [-0.4, -0.2) is 27.9 Å². The van der Waals surface area contributed by atoms with Gasteiger partial charge in [0.15, 0.2) is 0 Å². The van der Waals surface area contributed by atoms with Gasteiger partial charge in [-0.25, -0.2) is 0 Å². The molecule has 0 N–H and O–H groups in total. The lowest BCUT2D eigenvalue weighted by molar-refractivity contribution is -0.0101. The standard InChI is InChI=1S/C18H28O4S/c1-12-15-7-5-13-11-14(21-3)6-8-16(13)18(15,2)10-9-17(12)22-23(4,19)20/h6,12,15,17H,5,7-11H2,1-4H3/t12-,15-,17-,18-/m0/s1. The fourth-order valence-electron chi connectivity index (χ4n) is 5.16. The number of ether oxygens (including phenoxy) is 1. The molecule has 0 heterocycles. The monoisotopic (exact) mass is 340 g/mol. The van der Waals surface area contributed by atoms with E-state index in [1.807, 2.05) is 0 Å². The molecule has 0 amide bonds. The van der Waals surface area contributed by atoms with Gasteiger partial charge >= 0.3 is 0 Å². The molecule has 0 saturated heterocycles. The van der Waals surface area contributed by atoms with Crippen LogP contribution in [0.5, 0.6) is 0 Å². The molecule has 1 saturated carbocycles. The van der Waals surface area contributed by atoms with Gasteiger partial charge in [0.05, 0.1) is 25.2 Å². The van der Waals surface area contributed by atoms with Gasteiger partial charge in [-0.15, -0.1) is 0 Å². The van der Waals surface area contributed by atoms with Crippen LogP contribution in [0.3, 0.4) is 0 Å². The third kappa shape index (κ3) is 3.10. The summed E-state index contributed by atoms with van der Waals surface area (Å²) in [4.78, 5) is 0. The smallest absolute Gasteiger partial charge is 0.264 e. The molecule has 0 aliphatic heterocycles. The molecule has 3 rings (SSSR count). The van der Waals surface area contributed by atoms with Crippen molar-refractivity contribution in [3.05, 3.63) is 23.0 Å². The van der Waals surface area contributed by atoms with Crippen molar-refractivity contribution < 1.29 is 17.3 Å². The Bertz CT molecular complexity index is 646. The van der Waals surface area contributed by atoms with E-state index in [4.69, 9.17) is 8.92 Å². The molecule has 3 aliphatic rings. The van der Waals surface area contributed by atoms with Crippen LogP contribution >= 0.6 is 0 Å². The topological polar surface area (TPSA) is 52.6 Å². The predicted molar refractivity (Wildman–Crippen MR) is 90.3 cm³/mol. The molecule has 0 aromatic carbocycles. The normalized spacial score (nSPS) is 37.7. The van der Waals surface area contributed by atoms with E-state index >= 15 is 0 Å². The summed E-state index contributed by atoms with van der Waals surface area (Å²) in [6.45, 7) is 4.55. The molecule has 23 heavy (non-hydrogen) atoms. The Balaban J connectivity index is 1.84. The Morgan fingerprint density at radius 3 is 2.70 bits per heavy atom. The fourth-order valence-corrected chi connectivity index (χ4v) is 5.88. The van der Waals surface area contributed by atoms with E-state index in [2.05, 4.69) is 19.9 Å². The van der Waals surface area contributed by atoms with Gasteiger partial charge in [0, 0.05) is 6.42 Å². The maximum atomic E-state index is 11.5. The number of hydrogen-bond acceptors (Lipinski definition) is 4. The minimum absolute atomic E-state index is 0.168. The lowest BCUT2D eigenvalue weighted by atomic mass is 9.53. The quantitative estimate of drug-likeness (QED) is 0.579. The van der Waals surface area contributed by atoms with Gasteiger partial charge in [0.25, 0.3) is 10.1 Å². The molecule has 0 radical (unpaired) electrons. The Morgan fingerprint density at radius 1 is 1.30 bits per heavy atom. The Hall–Kier alpha value is -0.810. The molecule has 130 valence electrons. The van der Waals surface area contributed by atoms with Gasteiger partial charge in [-0.3, -0.25) is 4.18 Å². The molecule has 5 heteroatoms. The van der Waals surface area contributed by atoms with Crippen LogP contribution < -0.4 is 0 Å². The van der Waals surface area contributed by atoms with Crippen molar-refractivity contribution >= 4 is 10.1 Å². The zero-order valence-corrected chi connectivity index (χ0v) is 15.4. The minimum atomic E-state index is -3.39. The van der Waals surface area contributed by atoms with E-state index in [0.717, 1.165) is 50.5 Å². The van der Waals surface area contributed by atoms with Crippen molar-refractivity contribution in [2.75, 3.05) is 13.4 Å². The average Bonchev–Trinajstić information content (AvgIpc) is 2.49. The Labute approximate surface area is 140 Å². The van der Waals surface area contributed by atoms with Gasteiger partial charge < -0.3 is 4.74 Å². The summed E-state index contributed by atoms with van der Waals surface area (Å²) >= 11 is 0. The summed E-state index contributed by atoms with van der Waals surface area (Å²) in [7, 11) is -1.64. The lowest BCUT2D eigenvalue weighted by Crippen LogP contribution is -2.47. The van der Waals surface area contributed by atoms with Crippen LogP contribution in [0.4, 0.5) is 0 Å². The van der Waals surface area contributed by atoms with E-state index in [0.29, 0.717) is 5.92 Å². The highest BCUT2D eigenvalue weighted by Gasteiger charge is 2.50. The average molecular weight is 340 g/mol. The molecule has 0 aromatic rings. The molecular weight excluding hydrogens is 312 g/mol. The molecule has 0 spiro atoms. The summed E-state index contributed by atoms with van der Waals surface area (Å²) in [5.74, 6) is 1.86. The van der Waals surface area contributed by atoms with Gasteiger partial charge in [0.1, 0.15) is 0 Å². The van der Waals surface area contributed by atoms with Crippen molar-refractivity contribution in [3.8, 4) is 0 Å². The highest BCUT2D eigenvalue weighted by Crippen LogP contribution is 2.58. The van der Waals surface area contributed by atoms with Crippen molar-refractivity contribution in [2.45, 2.75) is 58.5 Å². The zero-order chi connectivity index (χ0) is 16.8. The molecule has 1 fully saturated rings.